The van der Waals surface area contributed by atoms with Crippen molar-refractivity contribution in [2.24, 2.45) is 0 Å². The van der Waals surface area contributed by atoms with E-state index in [1.807, 2.05) is 27.2 Å². The van der Waals surface area contributed by atoms with Crippen molar-refractivity contribution in [1.29, 1.82) is 0 Å². The normalized spacial score (nSPS) is 14.1. The number of nitrogens with zero attached hydrogens (tertiary/aromatic N) is 1. The van der Waals surface area contributed by atoms with Gasteiger partial charge in [0.05, 0.1) is 39.9 Å². The number of likely N-dealkylation sites (N-methyl/N-ethyl adjacent to an activating group) is 1. The molecule has 0 saturated heterocycles. The molecule has 1 amide bonds. The van der Waals surface area contributed by atoms with E-state index in [-0.39, 0.29) is 19.1 Å². The Hall–Kier alpha value is -1.54. The topological polar surface area (TPSA) is 105 Å². The fraction of sp³-hybridized carbons (Fsp3) is 0.864. The Labute approximate surface area is 467 Å². The molecule has 0 aliphatic carbocycles. The molecule has 3 N–H and O–H groups in total. The Morgan fingerprint density at radius 2 is 0.733 bits per heavy atom. The monoisotopic (exact) mass is 1080 g/mol. The maximum absolute atomic E-state index is 13.0. The lowest BCUT2D eigenvalue weighted by atomic mass is 10.0. The summed E-state index contributed by atoms with van der Waals surface area (Å²) in [4.78, 5) is 23.4. The number of phosphoric ester groups is 1. The molecule has 75 heavy (non-hydrogen) atoms. The van der Waals surface area contributed by atoms with E-state index >= 15 is 0 Å². The number of carbonyl (C=O) groups excluding carboxylic acids is 1. The van der Waals surface area contributed by atoms with Gasteiger partial charge in [0.15, 0.2) is 0 Å². The molecular formula is C66H128N2O6P+. The molecule has 0 aromatic carbocycles. The van der Waals surface area contributed by atoms with E-state index < -0.39 is 20.0 Å². The van der Waals surface area contributed by atoms with Crippen LogP contribution in [0.1, 0.15) is 316 Å². The molecule has 0 saturated carbocycles. The van der Waals surface area contributed by atoms with Crippen LogP contribution in [0, 0.1) is 0 Å². The minimum atomic E-state index is -4.36. The van der Waals surface area contributed by atoms with Crippen LogP contribution in [0.4, 0.5) is 0 Å². The fourth-order valence-electron chi connectivity index (χ4n) is 9.66. The molecule has 0 fully saturated rings. The zero-order valence-corrected chi connectivity index (χ0v) is 51.4. The van der Waals surface area contributed by atoms with Gasteiger partial charge >= 0.3 is 7.82 Å². The van der Waals surface area contributed by atoms with Crippen molar-refractivity contribution in [3.63, 3.8) is 0 Å². The number of aliphatic hydroxyl groups excluding tert-OH is 1. The number of allylic oxidation sites excluding steroid dienone is 7. The van der Waals surface area contributed by atoms with Gasteiger partial charge in [-0.25, -0.2) is 4.57 Å². The van der Waals surface area contributed by atoms with Crippen molar-refractivity contribution >= 4 is 13.7 Å². The summed E-state index contributed by atoms with van der Waals surface area (Å²) in [7, 11) is 1.56. The fourth-order valence-corrected chi connectivity index (χ4v) is 10.4. The van der Waals surface area contributed by atoms with Crippen LogP contribution in [0.3, 0.4) is 0 Å². The smallest absolute Gasteiger partial charge is 0.387 e. The van der Waals surface area contributed by atoms with E-state index in [1.165, 1.54) is 250 Å². The summed E-state index contributed by atoms with van der Waals surface area (Å²) in [6.45, 7) is 4.83. The number of aliphatic hydroxyl groups is 1. The third kappa shape index (κ3) is 60.0. The number of phosphoric acid groups is 1. The zero-order chi connectivity index (χ0) is 54.9. The number of hydrogen-bond acceptors (Lipinski definition) is 5. The molecule has 9 heteroatoms. The Kier molecular flexibility index (Phi) is 56.0. The summed E-state index contributed by atoms with van der Waals surface area (Å²) in [5.41, 5.74) is 0. The number of nitrogens with one attached hydrogen (secondary N) is 1. The molecule has 3 atom stereocenters. The van der Waals surface area contributed by atoms with Gasteiger partial charge in [0.25, 0.3) is 0 Å². The van der Waals surface area contributed by atoms with Crippen molar-refractivity contribution in [1.82, 2.24) is 5.32 Å². The van der Waals surface area contributed by atoms with Gasteiger partial charge in [-0.2, -0.15) is 0 Å². The lowest BCUT2D eigenvalue weighted by Crippen LogP contribution is -2.45. The van der Waals surface area contributed by atoms with Crippen LogP contribution in [0.5, 0.6) is 0 Å². The van der Waals surface area contributed by atoms with E-state index in [1.54, 1.807) is 6.08 Å². The summed E-state index contributed by atoms with van der Waals surface area (Å²) in [6, 6.07) is -0.870. The first kappa shape index (κ1) is 73.5. The van der Waals surface area contributed by atoms with Crippen LogP contribution in [0.15, 0.2) is 48.6 Å². The van der Waals surface area contributed by atoms with E-state index in [0.29, 0.717) is 17.4 Å². The number of quaternary nitrogens is 1. The van der Waals surface area contributed by atoms with E-state index in [9.17, 15) is 19.4 Å². The average molecular weight is 1080 g/mol. The minimum Gasteiger partial charge on any atom is -0.387 e. The third-order valence-corrected chi connectivity index (χ3v) is 15.7. The standard InChI is InChI=1S/C66H127N2O6P/c1-6-8-10-12-14-16-18-20-22-24-26-28-30-31-32-33-34-35-36-37-38-40-42-44-46-48-50-52-54-56-58-60-66(70)67-64(63-74-75(71,72)73-62-61-68(3,4)5)65(69)59-57-55-53-51-49-47-45-43-41-39-29-27-25-23-21-19-17-15-13-11-9-7-2/h24,26,41,43,49,51,57,59,64-65,69H,6-23,25,27-40,42,44-48,50,52-56,58,60-63H2,1-5H3,(H-,67,70,71,72)/p+1/b26-24-,43-41+,51-49+,59-57+. The number of hydrogen-bond donors (Lipinski definition) is 3. The first-order valence-corrected chi connectivity index (χ1v) is 34.0. The highest BCUT2D eigenvalue weighted by atomic mass is 31.2. The second-order valence-electron chi connectivity index (χ2n) is 23.5. The number of unbranched alkanes of at least 4 members (excludes halogenated alkanes) is 41. The maximum Gasteiger partial charge on any atom is 0.472 e. The summed E-state index contributed by atoms with van der Waals surface area (Å²) in [5.74, 6) is -0.186. The average Bonchev–Trinajstić information content (AvgIpc) is 3.37. The molecule has 0 rings (SSSR count). The number of rotatable bonds is 60. The Balaban J connectivity index is 4.12. The Bertz CT molecular complexity index is 1360. The molecule has 0 heterocycles. The van der Waals surface area contributed by atoms with Crippen LogP contribution >= 0.6 is 7.82 Å². The highest BCUT2D eigenvalue weighted by Crippen LogP contribution is 2.43. The maximum atomic E-state index is 13.0. The van der Waals surface area contributed by atoms with Gasteiger partial charge < -0.3 is 19.8 Å². The molecule has 442 valence electrons. The second-order valence-corrected chi connectivity index (χ2v) is 24.9. The molecule has 0 aliphatic heterocycles. The van der Waals surface area contributed by atoms with Crippen molar-refractivity contribution in [3.05, 3.63) is 48.6 Å². The van der Waals surface area contributed by atoms with Crippen molar-refractivity contribution in [2.45, 2.75) is 328 Å². The van der Waals surface area contributed by atoms with E-state index in [2.05, 4.69) is 55.6 Å². The molecule has 0 aromatic rings. The zero-order valence-electron chi connectivity index (χ0n) is 50.6. The first-order chi connectivity index (χ1) is 36.5. The van der Waals surface area contributed by atoms with E-state index in [4.69, 9.17) is 9.05 Å². The SMILES string of the molecule is CCCCCCCCCC/C=C\CCCCCCCCCCCCCCCCCCCCCC(=O)NC(COP(=O)(O)OCC[N+](C)(C)C)C(O)/C=C/CC/C=C/CC/C=C/CCCCCCCCCCCCCC. The van der Waals surface area contributed by atoms with Crippen LogP contribution < -0.4 is 5.32 Å². The highest BCUT2D eigenvalue weighted by Gasteiger charge is 2.27. The first-order valence-electron chi connectivity index (χ1n) is 32.5. The lowest BCUT2D eigenvalue weighted by Gasteiger charge is -2.25. The summed E-state index contributed by atoms with van der Waals surface area (Å²) in [6.07, 6.45) is 76.8. The molecule has 3 unspecified atom stereocenters. The Morgan fingerprint density at radius 3 is 1.07 bits per heavy atom. The van der Waals surface area contributed by atoms with Crippen LogP contribution in [-0.4, -0.2) is 73.4 Å². The number of carbonyl (C=O) groups is 1. The molecular weight excluding hydrogens is 948 g/mol. The van der Waals surface area contributed by atoms with Gasteiger partial charge in [-0.1, -0.05) is 287 Å². The summed E-state index contributed by atoms with van der Waals surface area (Å²) < 4.78 is 23.7. The van der Waals surface area contributed by atoms with Crippen LogP contribution in [0.25, 0.3) is 0 Å². The van der Waals surface area contributed by atoms with Gasteiger partial charge in [0, 0.05) is 6.42 Å². The van der Waals surface area contributed by atoms with Gasteiger partial charge in [-0.3, -0.25) is 13.8 Å². The van der Waals surface area contributed by atoms with Crippen molar-refractivity contribution < 1.29 is 32.9 Å². The third-order valence-electron chi connectivity index (χ3n) is 14.7. The molecule has 0 aliphatic rings. The number of amides is 1. The highest BCUT2D eigenvalue weighted by molar-refractivity contribution is 7.47. The Morgan fingerprint density at radius 1 is 0.440 bits per heavy atom. The van der Waals surface area contributed by atoms with Crippen molar-refractivity contribution in [3.8, 4) is 0 Å². The molecule has 0 bridgehead atoms. The van der Waals surface area contributed by atoms with Crippen LogP contribution in [0.2, 0.25) is 0 Å². The second kappa shape index (κ2) is 57.2. The summed E-state index contributed by atoms with van der Waals surface area (Å²) in [5, 5.41) is 13.9. The molecule has 8 nitrogen and oxygen atoms in total. The molecule has 0 radical (unpaired) electrons. The lowest BCUT2D eigenvalue weighted by molar-refractivity contribution is -0.870. The summed E-state index contributed by atoms with van der Waals surface area (Å²) >= 11 is 0. The van der Waals surface area contributed by atoms with Gasteiger partial charge in [0.1, 0.15) is 13.2 Å². The van der Waals surface area contributed by atoms with Gasteiger partial charge in [-0.05, 0) is 70.6 Å². The van der Waals surface area contributed by atoms with E-state index in [0.717, 1.165) is 44.9 Å². The van der Waals surface area contributed by atoms with Gasteiger partial charge in [0.2, 0.25) is 5.91 Å². The largest absolute Gasteiger partial charge is 0.472 e. The predicted octanol–water partition coefficient (Wildman–Crippen LogP) is 20.3. The molecule has 0 spiro atoms. The van der Waals surface area contributed by atoms with Gasteiger partial charge in [-0.15, -0.1) is 0 Å². The minimum absolute atomic E-state index is 0.0542. The van der Waals surface area contributed by atoms with Crippen molar-refractivity contribution in [2.75, 3.05) is 40.9 Å². The quantitative estimate of drug-likeness (QED) is 0.0243. The van der Waals surface area contributed by atoms with Crippen LogP contribution in [-0.2, 0) is 18.4 Å². The molecule has 0 aromatic heterocycles. The predicted molar refractivity (Wildman–Crippen MR) is 327 cm³/mol.